The van der Waals surface area contributed by atoms with Crippen molar-refractivity contribution in [3.8, 4) is 0 Å². The van der Waals surface area contributed by atoms with Crippen molar-refractivity contribution in [3.05, 3.63) is 0 Å². The van der Waals surface area contributed by atoms with Crippen LogP contribution in [-0.4, -0.2) is 36.7 Å². The lowest BCUT2D eigenvalue weighted by atomic mass is 10.1. The van der Waals surface area contributed by atoms with Crippen LogP contribution in [0.25, 0.3) is 0 Å². The number of hydrogen-bond donors (Lipinski definition) is 1. The minimum Gasteiger partial charge on any atom is -0.385 e. The van der Waals surface area contributed by atoms with Gasteiger partial charge in [0.2, 0.25) is 0 Å². The van der Waals surface area contributed by atoms with Crippen molar-refractivity contribution in [1.82, 2.24) is 5.32 Å². The fourth-order valence-corrected chi connectivity index (χ4v) is 2.67. The summed E-state index contributed by atoms with van der Waals surface area (Å²) in [6, 6.07) is 0.939. The number of nitrogens with one attached hydrogen (secondary N) is 1. The highest BCUT2D eigenvalue weighted by Gasteiger charge is 2.21. The molecule has 1 aliphatic heterocycles. The van der Waals surface area contributed by atoms with E-state index in [1.165, 1.54) is 0 Å². The van der Waals surface area contributed by atoms with Crippen molar-refractivity contribution < 1.29 is 4.74 Å². The van der Waals surface area contributed by atoms with Crippen molar-refractivity contribution in [3.63, 3.8) is 0 Å². The first kappa shape index (κ1) is 12.8. The van der Waals surface area contributed by atoms with Crippen molar-refractivity contribution >= 4 is 16.9 Å². The average Bonchev–Trinajstić information content (AvgIpc) is 2.63. The van der Waals surface area contributed by atoms with Gasteiger partial charge in [-0.2, -0.15) is 0 Å². The molecule has 0 aromatic heterocycles. The van der Waals surface area contributed by atoms with E-state index in [-0.39, 0.29) is 0 Å². The number of aliphatic imine (C=N–C) groups is 1. The Hall–Kier alpha value is -0.220. The Morgan fingerprint density at radius 1 is 1.53 bits per heavy atom. The Balaban J connectivity index is 2.30. The summed E-state index contributed by atoms with van der Waals surface area (Å²) in [5, 5.41) is 4.54. The van der Waals surface area contributed by atoms with Crippen molar-refractivity contribution in [2.75, 3.05) is 19.5 Å². The molecular weight excluding hydrogens is 208 g/mol. The molecule has 0 radical (unpaired) electrons. The lowest BCUT2D eigenvalue weighted by Gasteiger charge is -2.13. The zero-order valence-electron chi connectivity index (χ0n) is 10.1. The molecule has 1 rings (SSSR count). The molecule has 15 heavy (non-hydrogen) atoms. The smallest absolute Gasteiger partial charge is 0.157 e. The van der Waals surface area contributed by atoms with Crippen molar-refractivity contribution in [1.29, 1.82) is 0 Å². The molecule has 3 nitrogen and oxygen atoms in total. The maximum absolute atomic E-state index is 5.05. The molecular formula is C11H22N2OS. The van der Waals surface area contributed by atoms with E-state index >= 15 is 0 Å². The van der Waals surface area contributed by atoms with Crippen molar-refractivity contribution in [2.24, 2.45) is 10.9 Å². The molecule has 1 heterocycles. The summed E-state index contributed by atoms with van der Waals surface area (Å²) in [4.78, 5) is 4.66. The largest absolute Gasteiger partial charge is 0.385 e. The summed E-state index contributed by atoms with van der Waals surface area (Å²) in [5.74, 6) is 1.77. The second-order valence-corrected chi connectivity index (χ2v) is 5.39. The fourth-order valence-electron chi connectivity index (χ4n) is 1.39. The first-order valence-corrected chi connectivity index (χ1v) is 6.58. The highest BCUT2D eigenvalue weighted by atomic mass is 32.2. The molecule has 0 amide bonds. The molecule has 4 heteroatoms. The molecule has 0 fully saturated rings. The van der Waals surface area contributed by atoms with E-state index in [0.29, 0.717) is 18.0 Å². The van der Waals surface area contributed by atoms with Crippen LogP contribution in [0.5, 0.6) is 0 Å². The van der Waals surface area contributed by atoms with Gasteiger partial charge in [-0.1, -0.05) is 25.6 Å². The van der Waals surface area contributed by atoms with Gasteiger partial charge < -0.3 is 10.1 Å². The zero-order valence-corrected chi connectivity index (χ0v) is 10.9. The molecule has 2 unspecified atom stereocenters. The number of hydrogen-bond acceptors (Lipinski definition) is 4. The number of amidine groups is 1. The normalized spacial score (nSPS) is 23.0. The Bertz CT molecular complexity index is 219. The number of thioether (sulfide) groups is 1. The fraction of sp³-hybridized carbons (Fsp3) is 0.909. The summed E-state index contributed by atoms with van der Waals surface area (Å²) in [6.45, 7) is 7.43. The van der Waals surface area contributed by atoms with Gasteiger partial charge in [0.25, 0.3) is 0 Å². The lowest BCUT2D eigenvalue weighted by molar-refractivity contribution is 0.187. The van der Waals surface area contributed by atoms with Gasteiger partial charge in [0, 0.05) is 25.5 Å². The van der Waals surface area contributed by atoms with Crippen LogP contribution < -0.4 is 5.32 Å². The second-order valence-electron chi connectivity index (χ2n) is 4.38. The van der Waals surface area contributed by atoms with Gasteiger partial charge in [0.1, 0.15) is 0 Å². The SMILES string of the molecule is COCCC(C)NC1=NC(C(C)C)CS1. The average molecular weight is 230 g/mol. The van der Waals surface area contributed by atoms with E-state index in [2.05, 4.69) is 31.1 Å². The summed E-state index contributed by atoms with van der Waals surface area (Å²) in [6.07, 6.45) is 1.03. The molecule has 0 aromatic rings. The maximum atomic E-state index is 5.05. The van der Waals surface area contributed by atoms with Gasteiger partial charge >= 0.3 is 0 Å². The number of methoxy groups -OCH3 is 1. The molecule has 0 saturated heterocycles. The lowest BCUT2D eigenvalue weighted by Crippen LogP contribution is -2.30. The second kappa shape index (κ2) is 6.38. The van der Waals surface area contributed by atoms with Crippen LogP contribution in [0, 0.1) is 5.92 Å². The summed E-state index contributed by atoms with van der Waals surface area (Å²) in [5.41, 5.74) is 0. The number of ether oxygens (including phenoxy) is 1. The van der Waals surface area contributed by atoms with Gasteiger partial charge in [-0.05, 0) is 19.3 Å². The Morgan fingerprint density at radius 2 is 2.27 bits per heavy atom. The minimum absolute atomic E-state index is 0.446. The van der Waals surface area contributed by atoms with Gasteiger partial charge in [-0.3, -0.25) is 4.99 Å². The molecule has 1 aliphatic rings. The van der Waals surface area contributed by atoms with Crippen LogP contribution >= 0.6 is 11.8 Å². The maximum Gasteiger partial charge on any atom is 0.157 e. The third kappa shape index (κ3) is 4.43. The highest BCUT2D eigenvalue weighted by molar-refractivity contribution is 8.14. The topological polar surface area (TPSA) is 33.6 Å². The Labute approximate surface area is 97.1 Å². The molecule has 0 aliphatic carbocycles. The van der Waals surface area contributed by atoms with Crippen LogP contribution in [0.1, 0.15) is 27.2 Å². The summed E-state index contributed by atoms with van der Waals surface area (Å²) in [7, 11) is 1.74. The van der Waals surface area contributed by atoms with E-state index < -0.39 is 0 Å². The van der Waals surface area contributed by atoms with Gasteiger partial charge in [-0.25, -0.2) is 0 Å². The van der Waals surface area contributed by atoms with Crippen molar-refractivity contribution in [2.45, 2.75) is 39.3 Å². The molecule has 0 bridgehead atoms. The predicted octanol–water partition coefficient (Wildman–Crippen LogP) is 2.13. The predicted molar refractivity (Wildman–Crippen MR) is 67.6 cm³/mol. The van der Waals surface area contributed by atoms with E-state index in [1.54, 1.807) is 7.11 Å². The third-order valence-electron chi connectivity index (χ3n) is 2.57. The highest BCUT2D eigenvalue weighted by Crippen LogP contribution is 2.22. The minimum atomic E-state index is 0.446. The van der Waals surface area contributed by atoms with E-state index in [1.807, 2.05) is 11.8 Å². The molecule has 2 atom stereocenters. The Kier molecular flexibility index (Phi) is 5.47. The number of rotatable bonds is 5. The van der Waals surface area contributed by atoms with Gasteiger partial charge in [0.15, 0.2) is 5.17 Å². The van der Waals surface area contributed by atoms with E-state index in [9.17, 15) is 0 Å². The van der Waals surface area contributed by atoms with Gasteiger partial charge in [0.05, 0.1) is 6.04 Å². The van der Waals surface area contributed by atoms with Gasteiger partial charge in [-0.15, -0.1) is 0 Å². The summed E-state index contributed by atoms with van der Waals surface area (Å²) >= 11 is 1.84. The van der Waals surface area contributed by atoms with E-state index in [0.717, 1.165) is 23.9 Å². The summed E-state index contributed by atoms with van der Waals surface area (Å²) < 4.78 is 5.05. The quantitative estimate of drug-likeness (QED) is 0.785. The molecule has 1 N–H and O–H groups in total. The van der Waals surface area contributed by atoms with E-state index in [4.69, 9.17) is 4.74 Å². The van der Waals surface area contributed by atoms with Crippen LogP contribution in [0.2, 0.25) is 0 Å². The standard InChI is InChI=1S/C11H22N2OS/c1-8(2)10-7-15-11(13-10)12-9(3)5-6-14-4/h8-10H,5-7H2,1-4H3,(H,12,13). The first-order chi connectivity index (χ1) is 7.13. The molecule has 0 saturated carbocycles. The zero-order chi connectivity index (χ0) is 11.3. The Morgan fingerprint density at radius 3 is 2.80 bits per heavy atom. The van der Waals surface area contributed by atoms with Crippen LogP contribution in [0.15, 0.2) is 4.99 Å². The molecule has 0 spiro atoms. The molecule has 88 valence electrons. The van der Waals surface area contributed by atoms with Crippen LogP contribution in [0.4, 0.5) is 0 Å². The monoisotopic (exact) mass is 230 g/mol. The third-order valence-corrected chi connectivity index (χ3v) is 3.57. The number of nitrogens with zero attached hydrogens (tertiary/aromatic N) is 1. The van der Waals surface area contributed by atoms with Crippen LogP contribution in [-0.2, 0) is 4.74 Å². The molecule has 0 aromatic carbocycles. The first-order valence-electron chi connectivity index (χ1n) is 5.59. The van der Waals surface area contributed by atoms with Crippen LogP contribution in [0.3, 0.4) is 0 Å².